The average molecular weight is 372 g/mol. The fraction of sp³-hybridized carbons (Fsp3) is 0.350. The van der Waals surface area contributed by atoms with Gasteiger partial charge in [-0.25, -0.2) is 8.42 Å². The maximum atomic E-state index is 13.0. The molecule has 1 heterocycles. The topological polar surface area (TPSA) is 57.7 Å². The molecule has 1 unspecified atom stereocenters. The lowest BCUT2D eigenvalue weighted by molar-refractivity contribution is 0.0681. The van der Waals surface area contributed by atoms with Crippen molar-refractivity contribution in [2.24, 2.45) is 0 Å². The molecule has 0 aliphatic carbocycles. The Morgan fingerprint density at radius 1 is 1.04 bits per heavy atom. The second-order valence-corrected chi connectivity index (χ2v) is 9.15. The quantitative estimate of drug-likeness (QED) is 0.809. The molecule has 1 aliphatic rings. The normalized spacial score (nSPS) is 18.5. The van der Waals surface area contributed by atoms with Crippen molar-refractivity contribution in [1.82, 2.24) is 4.90 Å². The van der Waals surface area contributed by atoms with Crippen molar-refractivity contribution in [2.75, 3.05) is 30.5 Å². The Morgan fingerprint density at radius 3 is 2.23 bits per heavy atom. The van der Waals surface area contributed by atoms with Gasteiger partial charge >= 0.3 is 0 Å². The number of anilines is 1. The standard InChI is InChI=1S/C20H24N2O3S/c1-21(2)18-10-8-16(9-11-18)14-22(19-12-13-26(24,25)15-19)20(23)17-6-4-3-5-7-17/h3-11,19H,12-15H2,1-2H3. The third-order valence-corrected chi connectivity index (χ3v) is 6.49. The van der Waals surface area contributed by atoms with Gasteiger partial charge in [0, 0.05) is 37.9 Å². The van der Waals surface area contributed by atoms with Crippen molar-refractivity contribution in [1.29, 1.82) is 0 Å². The largest absolute Gasteiger partial charge is 0.378 e. The van der Waals surface area contributed by atoms with Crippen molar-refractivity contribution in [2.45, 2.75) is 19.0 Å². The predicted molar refractivity (Wildman–Crippen MR) is 104 cm³/mol. The Labute approximate surface area is 155 Å². The fourth-order valence-corrected chi connectivity index (χ4v) is 4.96. The summed E-state index contributed by atoms with van der Waals surface area (Å²) in [5, 5.41) is 0. The first kappa shape index (κ1) is 18.5. The lowest BCUT2D eigenvalue weighted by Crippen LogP contribution is -2.40. The number of benzene rings is 2. The van der Waals surface area contributed by atoms with E-state index in [0.717, 1.165) is 11.3 Å². The fourth-order valence-electron chi connectivity index (χ4n) is 3.23. The summed E-state index contributed by atoms with van der Waals surface area (Å²) < 4.78 is 23.9. The maximum Gasteiger partial charge on any atom is 0.254 e. The van der Waals surface area contributed by atoms with E-state index in [2.05, 4.69) is 0 Å². The van der Waals surface area contributed by atoms with Crippen LogP contribution in [0, 0.1) is 0 Å². The van der Waals surface area contributed by atoms with E-state index >= 15 is 0 Å². The van der Waals surface area contributed by atoms with Crippen LogP contribution in [0.3, 0.4) is 0 Å². The minimum absolute atomic E-state index is 0.0430. The van der Waals surface area contributed by atoms with Crippen LogP contribution in [0.15, 0.2) is 54.6 Å². The molecule has 1 amide bonds. The molecule has 2 aromatic rings. The minimum atomic E-state index is -3.07. The monoisotopic (exact) mass is 372 g/mol. The van der Waals surface area contributed by atoms with Gasteiger partial charge in [0.15, 0.2) is 9.84 Å². The zero-order chi connectivity index (χ0) is 18.7. The lowest BCUT2D eigenvalue weighted by Gasteiger charge is -2.29. The zero-order valence-corrected chi connectivity index (χ0v) is 15.9. The van der Waals surface area contributed by atoms with Crippen molar-refractivity contribution in [3.05, 3.63) is 65.7 Å². The molecular weight excluding hydrogens is 348 g/mol. The van der Waals surface area contributed by atoms with Gasteiger partial charge in [-0.05, 0) is 36.2 Å². The van der Waals surface area contributed by atoms with Crippen LogP contribution in [0.1, 0.15) is 22.3 Å². The number of nitrogens with zero attached hydrogens (tertiary/aromatic N) is 2. The van der Waals surface area contributed by atoms with Crippen molar-refractivity contribution in [3.63, 3.8) is 0 Å². The van der Waals surface area contributed by atoms with E-state index in [9.17, 15) is 13.2 Å². The first-order chi connectivity index (χ1) is 12.4. The summed E-state index contributed by atoms with van der Waals surface area (Å²) in [6, 6.07) is 16.8. The molecule has 1 atom stereocenters. The van der Waals surface area contributed by atoms with E-state index < -0.39 is 9.84 Å². The number of carbonyl (C=O) groups is 1. The van der Waals surface area contributed by atoms with Gasteiger partial charge < -0.3 is 9.80 Å². The molecular formula is C20H24N2O3S. The average Bonchev–Trinajstić information content (AvgIpc) is 3.00. The molecule has 138 valence electrons. The second-order valence-electron chi connectivity index (χ2n) is 6.92. The molecule has 26 heavy (non-hydrogen) atoms. The highest BCUT2D eigenvalue weighted by molar-refractivity contribution is 7.91. The molecule has 6 heteroatoms. The number of carbonyl (C=O) groups excluding carboxylic acids is 1. The molecule has 2 aromatic carbocycles. The van der Waals surface area contributed by atoms with Gasteiger partial charge in [0.05, 0.1) is 11.5 Å². The summed E-state index contributed by atoms with van der Waals surface area (Å²) in [7, 11) is 0.885. The Balaban J connectivity index is 1.86. The minimum Gasteiger partial charge on any atom is -0.378 e. The van der Waals surface area contributed by atoms with Gasteiger partial charge in [0.2, 0.25) is 0 Å². The van der Waals surface area contributed by atoms with Crippen LogP contribution in [0.25, 0.3) is 0 Å². The van der Waals surface area contributed by atoms with Gasteiger partial charge in [0.1, 0.15) is 0 Å². The summed E-state index contributed by atoms with van der Waals surface area (Å²) in [4.78, 5) is 16.8. The van der Waals surface area contributed by atoms with E-state index in [-0.39, 0.29) is 23.5 Å². The van der Waals surface area contributed by atoms with Crippen LogP contribution < -0.4 is 4.90 Å². The lowest BCUT2D eigenvalue weighted by atomic mass is 10.1. The number of hydrogen-bond donors (Lipinski definition) is 0. The molecule has 0 spiro atoms. The first-order valence-corrected chi connectivity index (χ1v) is 10.5. The van der Waals surface area contributed by atoms with Crippen LogP contribution in [0.2, 0.25) is 0 Å². The van der Waals surface area contributed by atoms with Crippen LogP contribution in [-0.4, -0.2) is 50.9 Å². The molecule has 1 aliphatic heterocycles. The maximum absolute atomic E-state index is 13.0. The van der Waals surface area contributed by atoms with E-state index in [0.29, 0.717) is 18.5 Å². The highest BCUT2D eigenvalue weighted by Gasteiger charge is 2.35. The summed E-state index contributed by atoms with van der Waals surface area (Å²) in [6.07, 6.45) is 0.497. The van der Waals surface area contributed by atoms with E-state index in [4.69, 9.17) is 0 Å². The van der Waals surface area contributed by atoms with E-state index in [1.165, 1.54) is 0 Å². The van der Waals surface area contributed by atoms with Gasteiger partial charge in [0.25, 0.3) is 5.91 Å². The van der Waals surface area contributed by atoms with Gasteiger partial charge in [-0.3, -0.25) is 4.79 Å². The molecule has 0 bridgehead atoms. The summed E-state index contributed by atoms with van der Waals surface area (Å²) in [5.74, 6) is 0.0707. The highest BCUT2D eigenvalue weighted by Crippen LogP contribution is 2.23. The molecule has 1 fully saturated rings. The van der Waals surface area contributed by atoms with Crippen LogP contribution >= 0.6 is 0 Å². The smallest absolute Gasteiger partial charge is 0.254 e. The molecule has 0 aromatic heterocycles. The summed E-state index contributed by atoms with van der Waals surface area (Å²) in [5.41, 5.74) is 2.66. The zero-order valence-electron chi connectivity index (χ0n) is 15.1. The Hall–Kier alpha value is -2.34. The van der Waals surface area contributed by atoms with Crippen LogP contribution in [0.5, 0.6) is 0 Å². The van der Waals surface area contributed by atoms with Crippen LogP contribution in [-0.2, 0) is 16.4 Å². The van der Waals surface area contributed by atoms with E-state index in [1.807, 2.05) is 61.5 Å². The first-order valence-electron chi connectivity index (χ1n) is 8.68. The number of amides is 1. The van der Waals surface area contributed by atoms with Crippen LogP contribution in [0.4, 0.5) is 5.69 Å². The second kappa shape index (κ2) is 7.50. The summed E-state index contributed by atoms with van der Waals surface area (Å²) in [6.45, 7) is 0.404. The summed E-state index contributed by atoms with van der Waals surface area (Å²) >= 11 is 0. The predicted octanol–water partition coefficient (Wildman–Crippen LogP) is 2.58. The van der Waals surface area contributed by atoms with Crippen molar-refractivity contribution < 1.29 is 13.2 Å². The van der Waals surface area contributed by atoms with Gasteiger partial charge in [-0.15, -0.1) is 0 Å². The molecule has 0 radical (unpaired) electrons. The van der Waals surface area contributed by atoms with Crippen molar-refractivity contribution in [3.8, 4) is 0 Å². The Morgan fingerprint density at radius 2 is 1.69 bits per heavy atom. The number of sulfone groups is 1. The molecule has 0 N–H and O–H groups in total. The van der Waals surface area contributed by atoms with E-state index in [1.54, 1.807) is 17.0 Å². The Kier molecular flexibility index (Phi) is 5.32. The molecule has 1 saturated heterocycles. The third kappa shape index (κ3) is 4.25. The number of rotatable bonds is 5. The highest BCUT2D eigenvalue weighted by atomic mass is 32.2. The third-order valence-electron chi connectivity index (χ3n) is 4.74. The molecule has 5 nitrogen and oxygen atoms in total. The molecule has 0 saturated carbocycles. The van der Waals surface area contributed by atoms with Gasteiger partial charge in [-0.2, -0.15) is 0 Å². The Bertz CT molecular complexity index is 862. The SMILES string of the molecule is CN(C)c1ccc(CN(C(=O)c2ccccc2)C2CCS(=O)(=O)C2)cc1. The van der Waals surface area contributed by atoms with Crippen molar-refractivity contribution >= 4 is 21.4 Å². The molecule has 3 rings (SSSR count). The number of hydrogen-bond acceptors (Lipinski definition) is 4. The van der Waals surface area contributed by atoms with Gasteiger partial charge in [-0.1, -0.05) is 30.3 Å².